The van der Waals surface area contributed by atoms with E-state index in [1.165, 1.54) is 17.0 Å². The predicted molar refractivity (Wildman–Crippen MR) is 80.8 cm³/mol. The van der Waals surface area contributed by atoms with Crippen LogP contribution in [-0.4, -0.2) is 21.6 Å². The van der Waals surface area contributed by atoms with Crippen LogP contribution < -0.4 is 11.1 Å². The number of nitrogens with one attached hydrogen (secondary N) is 1. The van der Waals surface area contributed by atoms with E-state index in [9.17, 15) is 9.59 Å². The fraction of sp³-hybridized carbons (Fsp3) is 0.0714. The second-order valence-corrected chi connectivity index (χ2v) is 4.65. The number of rotatable bonds is 4. The lowest BCUT2D eigenvalue weighted by molar-refractivity contribution is -0.111. The first-order valence-corrected chi connectivity index (χ1v) is 6.42. The molecule has 1 aromatic carbocycles. The molecule has 1 heterocycles. The molecule has 0 radical (unpaired) electrons. The van der Waals surface area contributed by atoms with Gasteiger partial charge in [-0.2, -0.15) is 5.10 Å². The fourth-order valence-electron chi connectivity index (χ4n) is 1.77. The highest BCUT2D eigenvalue weighted by molar-refractivity contribution is 6.32. The number of nitrogens with two attached hydrogens (primary N) is 1. The first-order chi connectivity index (χ1) is 9.99. The Morgan fingerprint density at radius 2 is 2.10 bits per heavy atom. The Morgan fingerprint density at radius 3 is 2.76 bits per heavy atom. The monoisotopic (exact) mass is 304 g/mol. The van der Waals surface area contributed by atoms with Gasteiger partial charge in [0, 0.05) is 18.1 Å². The summed E-state index contributed by atoms with van der Waals surface area (Å²) in [4.78, 5) is 23.1. The van der Waals surface area contributed by atoms with Gasteiger partial charge in [0.25, 0.3) is 5.91 Å². The zero-order valence-corrected chi connectivity index (χ0v) is 12.0. The maximum Gasteiger partial charge on any atom is 0.269 e. The van der Waals surface area contributed by atoms with Crippen molar-refractivity contribution in [2.75, 3.05) is 5.32 Å². The number of hydrogen-bond donors (Lipinski definition) is 2. The first kappa shape index (κ1) is 14.8. The Morgan fingerprint density at radius 1 is 1.38 bits per heavy atom. The van der Waals surface area contributed by atoms with E-state index in [0.717, 1.165) is 5.56 Å². The third-order valence-corrected chi connectivity index (χ3v) is 3.09. The molecule has 0 saturated heterocycles. The lowest BCUT2D eigenvalue weighted by atomic mass is 10.2. The SMILES string of the molecule is Cn1ncc(NC(=O)/C=C/c2ccccc2Cl)c1C(N)=O. The van der Waals surface area contributed by atoms with Crippen molar-refractivity contribution in [2.45, 2.75) is 0 Å². The number of aromatic nitrogens is 2. The second-order valence-electron chi connectivity index (χ2n) is 4.24. The van der Waals surface area contributed by atoms with E-state index in [0.29, 0.717) is 5.02 Å². The van der Waals surface area contributed by atoms with Crippen molar-refractivity contribution >= 4 is 35.2 Å². The maximum absolute atomic E-state index is 11.9. The number of carbonyl (C=O) groups is 2. The quantitative estimate of drug-likeness (QED) is 0.844. The third-order valence-electron chi connectivity index (χ3n) is 2.75. The van der Waals surface area contributed by atoms with Gasteiger partial charge < -0.3 is 11.1 Å². The molecule has 0 fully saturated rings. The molecule has 0 bridgehead atoms. The zero-order valence-electron chi connectivity index (χ0n) is 11.2. The highest BCUT2D eigenvalue weighted by atomic mass is 35.5. The van der Waals surface area contributed by atoms with Crippen LogP contribution >= 0.6 is 11.6 Å². The molecule has 2 aromatic rings. The van der Waals surface area contributed by atoms with Crippen molar-refractivity contribution < 1.29 is 9.59 Å². The van der Waals surface area contributed by atoms with Crippen LogP contribution in [0, 0.1) is 0 Å². The largest absolute Gasteiger partial charge is 0.364 e. The molecule has 3 N–H and O–H groups in total. The minimum Gasteiger partial charge on any atom is -0.364 e. The summed E-state index contributed by atoms with van der Waals surface area (Å²) in [6.07, 6.45) is 4.26. The summed E-state index contributed by atoms with van der Waals surface area (Å²) in [5.41, 5.74) is 6.35. The molecule has 0 saturated carbocycles. The molecule has 0 aliphatic carbocycles. The van der Waals surface area contributed by atoms with Crippen LogP contribution in [-0.2, 0) is 11.8 Å². The summed E-state index contributed by atoms with van der Waals surface area (Å²) in [5, 5.41) is 6.97. The number of benzene rings is 1. The van der Waals surface area contributed by atoms with Crippen LogP contribution in [0.4, 0.5) is 5.69 Å². The van der Waals surface area contributed by atoms with Gasteiger partial charge in [0.15, 0.2) is 0 Å². The van der Waals surface area contributed by atoms with Gasteiger partial charge in [0.2, 0.25) is 5.91 Å². The Bertz CT molecular complexity index is 722. The van der Waals surface area contributed by atoms with Crippen LogP contribution in [0.25, 0.3) is 6.08 Å². The molecule has 2 rings (SSSR count). The molecule has 1 aromatic heterocycles. The molecule has 0 aliphatic heterocycles. The molecule has 0 spiro atoms. The summed E-state index contributed by atoms with van der Waals surface area (Å²) >= 11 is 5.98. The zero-order chi connectivity index (χ0) is 15.4. The number of nitrogens with zero attached hydrogens (tertiary/aromatic N) is 2. The summed E-state index contributed by atoms with van der Waals surface area (Å²) < 4.78 is 1.30. The minimum absolute atomic E-state index is 0.134. The van der Waals surface area contributed by atoms with Gasteiger partial charge in [-0.3, -0.25) is 14.3 Å². The summed E-state index contributed by atoms with van der Waals surface area (Å²) in [7, 11) is 1.56. The molecule has 108 valence electrons. The van der Waals surface area contributed by atoms with Gasteiger partial charge in [-0.25, -0.2) is 0 Å². The number of amides is 2. The highest BCUT2D eigenvalue weighted by Crippen LogP contribution is 2.17. The minimum atomic E-state index is -0.666. The molecule has 0 aliphatic rings. The van der Waals surface area contributed by atoms with Crippen LogP contribution in [0.2, 0.25) is 5.02 Å². The second kappa shape index (κ2) is 6.23. The fourth-order valence-corrected chi connectivity index (χ4v) is 1.97. The van der Waals surface area contributed by atoms with E-state index >= 15 is 0 Å². The van der Waals surface area contributed by atoms with Gasteiger partial charge in [0.05, 0.1) is 11.9 Å². The maximum atomic E-state index is 11.9. The Hall–Kier alpha value is -2.60. The first-order valence-electron chi connectivity index (χ1n) is 6.04. The van der Waals surface area contributed by atoms with Gasteiger partial charge >= 0.3 is 0 Å². The number of aryl methyl sites for hydroxylation is 1. The Balaban J connectivity index is 2.13. The molecule has 2 amide bonds. The van der Waals surface area contributed by atoms with Crippen LogP contribution in [0.15, 0.2) is 36.5 Å². The summed E-state index contributed by atoms with van der Waals surface area (Å²) in [6, 6.07) is 7.13. The third kappa shape index (κ3) is 3.49. The normalized spacial score (nSPS) is 10.8. The lowest BCUT2D eigenvalue weighted by Gasteiger charge is -2.02. The van der Waals surface area contributed by atoms with E-state index in [4.69, 9.17) is 17.3 Å². The summed E-state index contributed by atoms with van der Waals surface area (Å²) in [6.45, 7) is 0. The molecule has 0 atom stereocenters. The number of hydrogen-bond acceptors (Lipinski definition) is 3. The molecule has 6 nitrogen and oxygen atoms in total. The predicted octanol–water partition coefficient (Wildman–Crippen LogP) is 1.82. The Labute approximate surface area is 126 Å². The van der Waals surface area contributed by atoms with Gasteiger partial charge in [-0.15, -0.1) is 0 Å². The van der Waals surface area contributed by atoms with E-state index in [-0.39, 0.29) is 11.4 Å². The van der Waals surface area contributed by atoms with Gasteiger partial charge in [-0.05, 0) is 17.7 Å². The number of carbonyl (C=O) groups excluding carboxylic acids is 2. The van der Waals surface area contributed by atoms with Crippen molar-refractivity contribution in [1.29, 1.82) is 0 Å². The highest BCUT2D eigenvalue weighted by Gasteiger charge is 2.14. The van der Waals surface area contributed by atoms with Crippen molar-refractivity contribution in [2.24, 2.45) is 12.8 Å². The average molecular weight is 305 g/mol. The molecular weight excluding hydrogens is 292 g/mol. The number of halogens is 1. The lowest BCUT2D eigenvalue weighted by Crippen LogP contribution is -2.19. The molecular formula is C14H13ClN4O2. The topological polar surface area (TPSA) is 90.0 Å². The number of anilines is 1. The van der Waals surface area contributed by atoms with Crippen molar-refractivity contribution in [3.05, 3.63) is 52.8 Å². The van der Waals surface area contributed by atoms with E-state index in [2.05, 4.69) is 10.4 Å². The Kier molecular flexibility index (Phi) is 4.39. The van der Waals surface area contributed by atoms with Crippen molar-refractivity contribution in [1.82, 2.24) is 9.78 Å². The van der Waals surface area contributed by atoms with Crippen LogP contribution in [0.3, 0.4) is 0 Å². The molecule has 0 unspecified atom stereocenters. The average Bonchev–Trinajstić information content (AvgIpc) is 2.79. The summed E-state index contributed by atoms with van der Waals surface area (Å²) in [5.74, 6) is -1.08. The van der Waals surface area contributed by atoms with E-state index in [1.54, 1.807) is 31.3 Å². The van der Waals surface area contributed by atoms with E-state index < -0.39 is 11.8 Å². The van der Waals surface area contributed by atoms with Gasteiger partial charge in [-0.1, -0.05) is 29.8 Å². The molecule has 21 heavy (non-hydrogen) atoms. The van der Waals surface area contributed by atoms with Gasteiger partial charge in [0.1, 0.15) is 5.69 Å². The standard InChI is InChI=1S/C14H13ClN4O2/c1-19-13(14(16)21)11(8-17-19)18-12(20)7-6-9-4-2-3-5-10(9)15/h2-8H,1H3,(H2,16,21)(H,18,20)/b7-6+. The number of primary amides is 1. The van der Waals surface area contributed by atoms with Crippen LogP contribution in [0.1, 0.15) is 16.1 Å². The van der Waals surface area contributed by atoms with Crippen molar-refractivity contribution in [3.63, 3.8) is 0 Å². The van der Waals surface area contributed by atoms with Crippen molar-refractivity contribution in [3.8, 4) is 0 Å². The van der Waals surface area contributed by atoms with Crippen LogP contribution in [0.5, 0.6) is 0 Å². The smallest absolute Gasteiger partial charge is 0.269 e. The molecule has 7 heteroatoms. The van der Waals surface area contributed by atoms with E-state index in [1.807, 2.05) is 6.07 Å².